The highest BCUT2D eigenvalue weighted by Gasteiger charge is 2.14. The van der Waals surface area contributed by atoms with Crippen LogP contribution in [-0.2, 0) is 6.42 Å². The van der Waals surface area contributed by atoms with E-state index in [1.807, 2.05) is 19.1 Å². The van der Waals surface area contributed by atoms with Gasteiger partial charge in [-0.1, -0.05) is 31.5 Å². The lowest BCUT2D eigenvalue weighted by Crippen LogP contribution is -2.26. The number of hydrogen-bond acceptors (Lipinski definition) is 3. The molecule has 4 N–H and O–H groups in total. The Bertz CT molecular complexity index is 813. The lowest BCUT2D eigenvalue weighted by Gasteiger charge is -2.16. The van der Waals surface area contributed by atoms with E-state index >= 15 is 0 Å². The third-order valence-corrected chi connectivity index (χ3v) is 4.25. The summed E-state index contributed by atoms with van der Waals surface area (Å²) < 4.78 is 13.0. The zero-order chi connectivity index (χ0) is 19.1. The fourth-order valence-corrected chi connectivity index (χ4v) is 2.82. The van der Waals surface area contributed by atoms with Crippen LogP contribution in [0.4, 0.5) is 4.39 Å². The van der Waals surface area contributed by atoms with Crippen molar-refractivity contribution in [1.82, 2.24) is 5.32 Å². The highest BCUT2D eigenvalue weighted by Crippen LogP contribution is 2.21. The molecule has 0 aliphatic carbocycles. The molecule has 0 unspecified atom stereocenters. The van der Waals surface area contributed by atoms with Crippen molar-refractivity contribution in [2.45, 2.75) is 32.7 Å². The minimum absolute atomic E-state index is 0.196. The Morgan fingerprint density at radius 2 is 1.96 bits per heavy atom. The van der Waals surface area contributed by atoms with Crippen molar-refractivity contribution in [3.8, 4) is 0 Å². The zero-order valence-corrected chi connectivity index (χ0v) is 15.1. The highest BCUT2D eigenvalue weighted by molar-refractivity contribution is 6.09. The van der Waals surface area contributed by atoms with Gasteiger partial charge in [0.2, 0.25) is 0 Å². The first-order chi connectivity index (χ1) is 12.5. The van der Waals surface area contributed by atoms with Crippen molar-refractivity contribution >= 4 is 17.7 Å². The number of carbonyl (C=O) groups excluding carboxylic acids is 1. The average Bonchev–Trinajstić information content (AvgIpc) is 2.64. The zero-order valence-electron chi connectivity index (χ0n) is 15.1. The van der Waals surface area contributed by atoms with E-state index in [1.165, 1.54) is 24.5 Å². The van der Waals surface area contributed by atoms with Gasteiger partial charge in [-0.3, -0.25) is 4.79 Å². The van der Waals surface area contributed by atoms with Crippen LogP contribution >= 0.6 is 0 Å². The Kier molecular flexibility index (Phi) is 6.67. The van der Waals surface area contributed by atoms with Crippen molar-refractivity contribution in [3.05, 3.63) is 76.7 Å². The molecule has 1 amide bonds. The predicted octanol–water partition coefficient (Wildman–Crippen LogP) is 4.22. The number of nitrogens with one attached hydrogen (secondary N) is 2. The van der Waals surface area contributed by atoms with Gasteiger partial charge >= 0.3 is 0 Å². The van der Waals surface area contributed by atoms with Gasteiger partial charge in [0.25, 0.3) is 5.91 Å². The minimum Gasteiger partial charge on any atom is -0.404 e. The summed E-state index contributed by atoms with van der Waals surface area (Å²) in [6.07, 6.45) is 4.32. The maximum atomic E-state index is 13.0. The molecule has 0 spiro atoms. The smallest absolute Gasteiger partial charge is 0.251 e. The van der Waals surface area contributed by atoms with Crippen molar-refractivity contribution < 1.29 is 9.18 Å². The number of carbonyl (C=O) groups is 1. The van der Waals surface area contributed by atoms with Crippen LogP contribution in [0.2, 0.25) is 0 Å². The van der Waals surface area contributed by atoms with E-state index in [1.54, 1.807) is 18.2 Å². The number of nitrogens with two attached hydrogens (primary N) is 1. The van der Waals surface area contributed by atoms with E-state index in [2.05, 4.69) is 12.2 Å². The summed E-state index contributed by atoms with van der Waals surface area (Å²) in [6.45, 7) is 3.92. The minimum atomic E-state index is -0.304. The second-order valence-corrected chi connectivity index (χ2v) is 6.13. The van der Waals surface area contributed by atoms with E-state index in [9.17, 15) is 9.18 Å². The molecule has 0 saturated carbocycles. The molecule has 4 nitrogen and oxygen atoms in total. The maximum absolute atomic E-state index is 13.0. The number of amides is 1. The van der Waals surface area contributed by atoms with Crippen LogP contribution in [0.15, 0.2) is 48.7 Å². The van der Waals surface area contributed by atoms with E-state index in [0.717, 1.165) is 29.5 Å². The van der Waals surface area contributed by atoms with Crippen molar-refractivity contribution in [2.75, 3.05) is 0 Å². The van der Waals surface area contributed by atoms with Gasteiger partial charge in [0.1, 0.15) is 5.82 Å². The molecule has 136 valence electrons. The molecule has 0 bridgehead atoms. The molecular formula is C21H24FN3O. The van der Waals surface area contributed by atoms with E-state index in [0.29, 0.717) is 11.1 Å². The number of benzene rings is 2. The summed E-state index contributed by atoms with van der Waals surface area (Å²) >= 11 is 0. The quantitative estimate of drug-likeness (QED) is 0.652. The molecule has 5 heteroatoms. The van der Waals surface area contributed by atoms with Crippen molar-refractivity contribution in [3.63, 3.8) is 0 Å². The summed E-state index contributed by atoms with van der Waals surface area (Å²) in [4.78, 5) is 12.6. The number of hydrogen-bond donors (Lipinski definition) is 3. The highest BCUT2D eigenvalue weighted by atomic mass is 19.1. The Morgan fingerprint density at radius 1 is 1.27 bits per heavy atom. The standard InChI is InChI=1S/C21H24FN3O/c1-3-4-16-11-17(7-10-20(16)18(12-23)13-24)21(26)25-14(2)15-5-8-19(22)9-6-15/h5-14,23H,3-4,24H2,1-2H3,(H,25,26)/b18-13+,23-12?/t14-/m1/s1. The van der Waals surface area contributed by atoms with Crippen LogP contribution in [0.1, 0.15) is 53.4 Å². The summed E-state index contributed by atoms with van der Waals surface area (Å²) in [5, 5.41) is 10.4. The molecule has 0 aliphatic rings. The SMILES string of the molecule is CCCc1cc(C(=O)N[C@H](C)c2ccc(F)cc2)ccc1/C(C=N)=C/N. The van der Waals surface area contributed by atoms with Gasteiger partial charge in [0.15, 0.2) is 0 Å². The van der Waals surface area contributed by atoms with Crippen LogP contribution < -0.4 is 11.1 Å². The largest absolute Gasteiger partial charge is 0.404 e. The van der Waals surface area contributed by atoms with Crippen LogP contribution in [0.25, 0.3) is 5.57 Å². The number of allylic oxidation sites excluding steroid dienone is 1. The molecule has 0 fully saturated rings. The fraction of sp³-hybridized carbons (Fsp3) is 0.238. The Hall–Kier alpha value is -2.95. The van der Waals surface area contributed by atoms with Crippen LogP contribution in [-0.4, -0.2) is 12.1 Å². The summed E-state index contributed by atoms with van der Waals surface area (Å²) in [5.74, 6) is -0.499. The Morgan fingerprint density at radius 3 is 2.54 bits per heavy atom. The summed E-state index contributed by atoms with van der Waals surface area (Å²) in [5.41, 5.74) is 9.46. The van der Waals surface area contributed by atoms with Gasteiger partial charge < -0.3 is 16.5 Å². The molecule has 2 rings (SSSR count). The van der Waals surface area contributed by atoms with Gasteiger partial charge in [-0.05, 0) is 54.3 Å². The maximum Gasteiger partial charge on any atom is 0.251 e. The number of rotatable bonds is 7. The first-order valence-corrected chi connectivity index (χ1v) is 8.62. The van der Waals surface area contributed by atoms with Crippen molar-refractivity contribution in [2.24, 2.45) is 5.73 Å². The summed E-state index contributed by atoms with van der Waals surface area (Å²) in [7, 11) is 0. The molecule has 0 heterocycles. The van der Waals surface area contributed by atoms with Crippen LogP contribution in [0.5, 0.6) is 0 Å². The molecule has 1 atom stereocenters. The first-order valence-electron chi connectivity index (χ1n) is 8.62. The Balaban J connectivity index is 2.24. The third kappa shape index (κ3) is 4.57. The lowest BCUT2D eigenvalue weighted by atomic mass is 9.95. The van der Waals surface area contributed by atoms with E-state index in [-0.39, 0.29) is 17.8 Å². The average molecular weight is 353 g/mol. The molecule has 0 aliphatic heterocycles. The van der Waals surface area contributed by atoms with Crippen molar-refractivity contribution in [1.29, 1.82) is 5.41 Å². The van der Waals surface area contributed by atoms with E-state index in [4.69, 9.17) is 11.1 Å². The molecule has 0 saturated heterocycles. The molecule has 0 radical (unpaired) electrons. The third-order valence-electron chi connectivity index (χ3n) is 4.25. The second-order valence-electron chi connectivity index (χ2n) is 6.13. The molecule has 2 aromatic rings. The number of halogens is 1. The Labute approximate surface area is 153 Å². The first kappa shape index (κ1) is 19.4. The lowest BCUT2D eigenvalue weighted by molar-refractivity contribution is 0.0940. The van der Waals surface area contributed by atoms with Gasteiger partial charge in [-0.15, -0.1) is 0 Å². The molecule has 0 aromatic heterocycles. The monoisotopic (exact) mass is 353 g/mol. The van der Waals surface area contributed by atoms with Crippen LogP contribution in [0, 0.1) is 11.2 Å². The van der Waals surface area contributed by atoms with Gasteiger partial charge in [-0.2, -0.15) is 0 Å². The number of aryl methyl sites for hydroxylation is 1. The van der Waals surface area contributed by atoms with Crippen LogP contribution in [0.3, 0.4) is 0 Å². The van der Waals surface area contributed by atoms with E-state index < -0.39 is 0 Å². The predicted molar refractivity (Wildman–Crippen MR) is 104 cm³/mol. The molecule has 2 aromatic carbocycles. The van der Waals surface area contributed by atoms with Gasteiger partial charge in [0.05, 0.1) is 6.04 Å². The normalized spacial score (nSPS) is 12.5. The topological polar surface area (TPSA) is 79.0 Å². The van der Waals surface area contributed by atoms with Gasteiger partial charge in [0, 0.05) is 23.6 Å². The summed E-state index contributed by atoms with van der Waals surface area (Å²) in [6, 6.07) is 11.2. The van der Waals surface area contributed by atoms with Gasteiger partial charge in [-0.25, -0.2) is 4.39 Å². The molecular weight excluding hydrogens is 329 g/mol. The second kappa shape index (κ2) is 8.94. The molecule has 26 heavy (non-hydrogen) atoms. The fourth-order valence-electron chi connectivity index (χ4n) is 2.82.